The van der Waals surface area contributed by atoms with E-state index in [1.54, 1.807) is 6.20 Å². The molecule has 0 aliphatic carbocycles. The topological polar surface area (TPSA) is 41.6 Å². The van der Waals surface area contributed by atoms with Crippen LogP contribution in [0.15, 0.2) is 36.8 Å². The van der Waals surface area contributed by atoms with Crippen molar-refractivity contribution in [3.8, 4) is 0 Å². The highest BCUT2D eigenvalue weighted by Gasteiger charge is 1.95. The number of pyridine rings is 1. The smallest absolute Gasteiger partial charge is 0.0490 e. The first-order chi connectivity index (χ1) is 6.45. The van der Waals surface area contributed by atoms with Gasteiger partial charge >= 0.3 is 0 Å². The van der Waals surface area contributed by atoms with Gasteiger partial charge in [-0.2, -0.15) is 5.10 Å². The fourth-order valence-corrected chi connectivity index (χ4v) is 1.25. The van der Waals surface area contributed by atoms with Crippen LogP contribution in [-0.2, 0) is 12.8 Å². The molecule has 0 unspecified atom stereocenters. The summed E-state index contributed by atoms with van der Waals surface area (Å²) in [6.45, 7) is 0. The molecule has 13 heavy (non-hydrogen) atoms. The molecule has 0 radical (unpaired) electrons. The fraction of sp³-hybridized carbons (Fsp3) is 0.200. The summed E-state index contributed by atoms with van der Waals surface area (Å²) in [5.74, 6) is 0. The summed E-state index contributed by atoms with van der Waals surface area (Å²) in [4.78, 5) is 3.97. The van der Waals surface area contributed by atoms with Crippen molar-refractivity contribution in [1.82, 2.24) is 15.2 Å². The largest absolute Gasteiger partial charge is 0.283 e. The number of hydrogen-bond donors (Lipinski definition) is 1. The molecule has 0 fully saturated rings. The Bertz CT molecular complexity index is 340. The first-order valence-electron chi connectivity index (χ1n) is 4.32. The number of rotatable bonds is 3. The molecule has 0 atom stereocenters. The van der Waals surface area contributed by atoms with Crippen LogP contribution >= 0.6 is 0 Å². The fourth-order valence-electron chi connectivity index (χ4n) is 1.25. The molecule has 0 saturated heterocycles. The van der Waals surface area contributed by atoms with Crippen LogP contribution in [0.2, 0.25) is 0 Å². The van der Waals surface area contributed by atoms with Crippen LogP contribution < -0.4 is 0 Å². The van der Waals surface area contributed by atoms with E-state index in [1.165, 1.54) is 11.3 Å². The number of aromatic amines is 1. The molecule has 0 spiro atoms. The van der Waals surface area contributed by atoms with Gasteiger partial charge in [0.15, 0.2) is 0 Å². The van der Waals surface area contributed by atoms with E-state index in [4.69, 9.17) is 0 Å². The molecule has 2 aromatic heterocycles. The van der Waals surface area contributed by atoms with Crippen LogP contribution in [0.5, 0.6) is 0 Å². The molecule has 0 bridgehead atoms. The molecule has 0 aliphatic rings. The van der Waals surface area contributed by atoms with Gasteiger partial charge in [-0.25, -0.2) is 0 Å². The predicted octanol–water partition coefficient (Wildman–Crippen LogP) is 1.59. The van der Waals surface area contributed by atoms with Crippen LogP contribution in [0.1, 0.15) is 11.3 Å². The van der Waals surface area contributed by atoms with Crippen molar-refractivity contribution in [3.63, 3.8) is 0 Å². The highest BCUT2D eigenvalue weighted by atomic mass is 15.1. The van der Waals surface area contributed by atoms with Gasteiger partial charge in [-0.1, -0.05) is 0 Å². The minimum atomic E-state index is 1.00. The lowest BCUT2D eigenvalue weighted by Crippen LogP contribution is -1.91. The summed E-state index contributed by atoms with van der Waals surface area (Å²) in [7, 11) is 0. The first-order valence-corrected chi connectivity index (χ1v) is 4.32. The number of nitrogens with one attached hydrogen (secondary N) is 1. The number of aryl methyl sites for hydroxylation is 2. The summed E-state index contributed by atoms with van der Waals surface area (Å²) in [6.07, 6.45) is 7.46. The Morgan fingerprint density at radius 1 is 1.00 bits per heavy atom. The maximum atomic E-state index is 3.97. The van der Waals surface area contributed by atoms with Gasteiger partial charge in [0.1, 0.15) is 0 Å². The van der Waals surface area contributed by atoms with Crippen molar-refractivity contribution in [3.05, 3.63) is 48.0 Å². The number of hydrogen-bond acceptors (Lipinski definition) is 2. The molecule has 3 heteroatoms. The lowest BCUT2D eigenvalue weighted by Gasteiger charge is -1.97. The van der Waals surface area contributed by atoms with Crippen molar-refractivity contribution in [2.24, 2.45) is 0 Å². The Morgan fingerprint density at radius 3 is 2.54 bits per heavy atom. The van der Waals surface area contributed by atoms with Crippen molar-refractivity contribution in [1.29, 1.82) is 0 Å². The number of H-pyrrole nitrogens is 1. The molecular weight excluding hydrogens is 162 g/mol. The monoisotopic (exact) mass is 173 g/mol. The molecule has 2 aromatic rings. The molecule has 2 heterocycles. The predicted molar refractivity (Wildman–Crippen MR) is 50.2 cm³/mol. The van der Waals surface area contributed by atoms with E-state index < -0.39 is 0 Å². The molecule has 1 N–H and O–H groups in total. The lowest BCUT2D eigenvalue weighted by molar-refractivity contribution is 0.891. The van der Waals surface area contributed by atoms with Gasteiger partial charge in [-0.15, -0.1) is 0 Å². The third-order valence-corrected chi connectivity index (χ3v) is 1.99. The van der Waals surface area contributed by atoms with Gasteiger partial charge in [0.2, 0.25) is 0 Å². The van der Waals surface area contributed by atoms with Crippen LogP contribution in [0.4, 0.5) is 0 Å². The summed E-state index contributed by atoms with van der Waals surface area (Å²) in [6, 6.07) is 6.08. The van der Waals surface area contributed by atoms with Gasteiger partial charge in [0.25, 0.3) is 0 Å². The van der Waals surface area contributed by atoms with E-state index in [1.807, 2.05) is 30.6 Å². The SMILES string of the molecule is c1cc(CCc2ccn[nH]2)ccn1. The Morgan fingerprint density at radius 2 is 1.85 bits per heavy atom. The molecule has 0 aliphatic heterocycles. The van der Waals surface area contributed by atoms with E-state index in [0.717, 1.165) is 12.8 Å². The van der Waals surface area contributed by atoms with E-state index in [2.05, 4.69) is 15.2 Å². The highest BCUT2D eigenvalue weighted by molar-refractivity contribution is 5.12. The zero-order chi connectivity index (χ0) is 8.93. The summed E-state index contributed by atoms with van der Waals surface area (Å²) < 4.78 is 0. The Balaban J connectivity index is 1.94. The molecule has 3 nitrogen and oxygen atoms in total. The second kappa shape index (κ2) is 3.85. The van der Waals surface area contributed by atoms with Gasteiger partial charge in [-0.3, -0.25) is 10.1 Å². The third-order valence-electron chi connectivity index (χ3n) is 1.99. The second-order valence-electron chi connectivity index (χ2n) is 2.94. The Labute approximate surface area is 76.8 Å². The quantitative estimate of drug-likeness (QED) is 0.765. The van der Waals surface area contributed by atoms with Gasteiger partial charge in [-0.05, 0) is 36.6 Å². The lowest BCUT2D eigenvalue weighted by atomic mass is 10.1. The van der Waals surface area contributed by atoms with Crippen LogP contribution in [-0.4, -0.2) is 15.2 Å². The molecule has 0 aromatic carbocycles. The van der Waals surface area contributed by atoms with E-state index >= 15 is 0 Å². The standard InChI is InChI=1S/C10H11N3/c1(2-10-5-8-12-13-10)9-3-6-11-7-4-9/h3-8H,1-2H2,(H,12,13). The van der Waals surface area contributed by atoms with Crippen molar-refractivity contribution in [2.75, 3.05) is 0 Å². The van der Waals surface area contributed by atoms with E-state index in [0.29, 0.717) is 0 Å². The molecule has 66 valence electrons. The minimum absolute atomic E-state index is 1.00. The Hall–Kier alpha value is -1.64. The Kier molecular flexibility index (Phi) is 2.36. The van der Waals surface area contributed by atoms with E-state index in [9.17, 15) is 0 Å². The second-order valence-corrected chi connectivity index (χ2v) is 2.94. The summed E-state index contributed by atoms with van der Waals surface area (Å²) in [5, 5.41) is 6.84. The van der Waals surface area contributed by atoms with E-state index in [-0.39, 0.29) is 0 Å². The zero-order valence-electron chi connectivity index (χ0n) is 7.27. The average molecular weight is 173 g/mol. The number of aromatic nitrogens is 3. The van der Waals surface area contributed by atoms with Gasteiger partial charge < -0.3 is 0 Å². The van der Waals surface area contributed by atoms with Crippen molar-refractivity contribution >= 4 is 0 Å². The normalized spacial score (nSPS) is 10.2. The van der Waals surface area contributed by atoms with Crippen LogP contribution in [0.3, 0.4) is 0 Å². The molecule has 0 amide bonds. The zero-order valence-corrected chi connectivity index (χ0v) is 7.27. The van der Waals surface area contributed by atoms with Crippen molar-refractivity contribution < 1.29 is 0 Å². The van der Waals surface area contributed by atoms with Crippen molar-refractivity contribution in [2.45, 2.75) is 12.8 Å². The third kappa shape index (κ3) is 2.15. The average Bonchev–Trinajstić information content (AvgIpc) is 2.69. The maximum absolute atomic E-state index is 3.97. The maximum Gasteiger partial charge on any atom is 0.0490 e. The molecule has 2 rings (SSSR count). The summed E-state index contributed by atoms with van der Waals surface area (Å²) >= 11 is 0. The van der Waals surface area contributed by atoms with Gasteiger partial charge in [0, 0.05) is 24.3 Å². The van der Waals surface area contributed by atoms with Crippen LogP contribution in [0.25, 0.3) is 0 Å². The van der Waals surface area contributed by atoms with Gasteiger partial charge in [0.05, 0.1) is 0 Å². The highest BCUT2D eigenvalue weighted by Crippen LogP contribution is 2.02. The first kappa shape index (κ1) is 7.98. The van der Waals surface area contributed by atoms with Crippen LogP contribution in [0, 0.1) is 0 Å². The minimum Gasteiger partial charge on any atom is -0.283 e. The number of nitrogens with zero attached hydrogens (tertiary/aromatic N) is 2. The summed E-state index contributed by atoms with van der Waals surface area (Å²) in [5.41, 5.74) is 2.49. The molecular formula is C10H11N3. The molecule has 0 saturated carbocycles.